The van der Waals surface area contributed by atoms with Crippen LogP contribution >= 0.6 is 0 Å². The first kappa shape index (κ1) is 20.7. The van der Waals surface area contributed by atoms with Crippen LogP contribution in [0.2, 0.25) is 0 Å². The molecule has 4 amide bonds. The molecule has 2 N–H and O–H groups in total. The minimum atomic E-state index is -0.835. The van der Waals surface area contributed by atoms with E-state index in [2.05, 4.69) is 43.2 Å². The standard InChI is InChI=1S/C19H34N4O3/c1-6-22(7-2)15(10-13(3)4)11-20-16(24)12-23-17(25)19(5,14-8-9-14)21-18(23)26/h13-15H,6-12H2,1-5H3,(H,20,24)(H,21,26). The van der Waals surface area contributed by atoms with E-state index in [1.54, 1.807) is 6.92 Å². The van der Waals surface area contributed by atoms with Gasteiger partial charge in [0.2, 0.25) is 5.91 Å². The van der Waals surface area contributed by atoms with Gasteiger partial charge in [0.1, 0.15) is 12.1 Å². The molecule has 1 saturated carbocycles. The first-order valence-corrected chi connectivity index (χ1v) is 9.87. The Balaban J connectivity index is 1.90. The van der Waals surface area contributed by atoms with Gasteiger partial charge in [0.05, 0.1) is 0 Å². The van der Waals surface area contributed by atoms with Gasteiger partial charge in [-0.1, -0.05) is 27.7 Å². The topological polar surface area (TPSA) is 81.8 Å². The zero-order chi connectivity index (χ0) is 19.5. The number of hydrogen-bond donors (Lipinski definition) is 2. The molecule has 2 atom stereocenters. The Hall–Kier alpha value is -1.63. The third kappa shape index (κ3) is 4.55. The second-order valence-corrected chi connectivity index (χ2v) is 8.11. The van der Waals surface area contributed by atoms with Crippen molar-refractivity contribution in [2.75, 3.05) is 26.2 Å². The molecular formula is C19H34N4O3. The van der Waals surface area contributed by atoms with Crippen LogP contribution in [0.15, 0.2) is 0 Å². The largest absolute Gasteiger partial charge is 0.353 e. The molecule has 0 aromatic heterocycles. The van der Waals surface area contributed by atoms with E-state index in [0.29, 0.717) is 12.5 Å². The first-order chi connectivity index (χ1) is 12.2. The zero-order valence-electron chi connectivity index (χ0n) is 16.8. The molecule has 2 unspecified atom stereocenters. The molecule has 1 heterocycles. The summed E-state index contributed by atoms with van der Waals surface area (Å²) in [6.07, 6.45) is 2.89. The summed E-state index contributed by atoms with van der Waals surface area (Å²) in [5.74, 6) is 0.171. The average Bonchev–Trinajstić information content (AvgIpc) is 3.39. The van der Waals surface area contributed by atoms with Crippen LogP contribution in [0, 0.1) is 11.8 Å². The molecule has 0 spiro atoms. The highest BCUT2D eigenvalue weighted by atomic mass is 16.2. The molecule has 0 radical (unpaired) electrons. The number of amides is 4. The molecule has 148 valence electrons. The molecule has 1 saturated heterocycles. The molecule has 1 aliphatic heterocycles. The number of nitrogens with zero attached hydrogens (tertiary/aromatic N) is 2. The van der Waals surface area contributed by atoms with E-state index >= 15 is 0 Å². The lowest BCUT2D eigenvalue weighted by molar-refractivity contribution is -0.135. The first-order valence-electron chi connectivity index (χ1n) is 9.87. The Morgan fingerprint density at radius 3 is 2.42 bits per heavy atom. The summed E-state index contributed by atoms with van der Waals surface area (Å²) in [4.78, 5) is 40.5. The summed E-state index contributed by atoms with van der Waals surface area (Å²) in [7, 11) is 0. The number of hydrogen-bond acceptors (Lipinski definition) is 4. The third-order valence-electron chi connectivity index (χ3n) is 5.60. The number of likely N-dealkylation sites (N-methyl/N-ethyl adjacent to an activating group) is 1. The van der Waals surface area contributed by atoms with E-state index in [1.165, 1.54) is 0 Å². The average molecular weight is 367 g/mol. The SMILES string of the molecule is CCN(CC)C(CNC(=O)CN1C(=O)NC(C)(C2CC2)C1=O)CC(C)C. The second-order valence-electron chi connectivity index (χ2n) is 8.11. The van der Waals surface area contributed by atoms with Gasteiger partial charge in [0, 0.05) is 12.6 Å². The molecule has 7 heteroatoms. The third-order valence-corrected chi connectivity index (χ3v) is 5.60. The smallest absolute Gasteiger partial charge is 0.325 e. The van der Waals surface area contributed by atoms with Crippen LogP contribution in [0.5, 0.6) is 0 Å². The van der Waals surface area contributed by atoms with Crippen molar-refractivity contribution >= 4 is 17.8 Å². The Kier molecular flexibility index (Phi) is 6.66. The van der Waals surface area contributed by atoms with Gasteiger partial charge in [-0.2, -0.15) is 0 Å². The van der Waals surface area contributed by atoms with Crippen LogP contribution in [0.25, 0.3) is 0 Å². The fraction of sp³-hybridized carbons (Fsp3) is 0.842. The van der Waals surface area contributed by atoms with E-state index in [9.17, 15) is 14.4 Å². The molecule has 26 heavy (non-hydrogen) atoms. The maximum Gasteiger partial charge on any atom is 0.325 e. The minimum Gasteiger partial charge on any atom is -0.353 e. The minimum absolute atomic E-state index is 0.199. The van der Waals surface area contributed by atoms with Crippen molar-refractivity contribution in [1.82, 2.24) is 20.4 Å². The van der Waals surface area contributed by atoms with Crippen LogP contribution in [0.3, 0.4) is 0 Å². The van der Waals surface area contributed by atoms with Crippen molar-refractivity contribution < 1.29 is 14.4 Å². The summed E-state index contributed by atoms with van der Waals surface area (Å²) < 4.78 is 0. The highest BCUT2D eigenvalue weighted by Gasteiger charge is 2.56. The van der Waals surface area contributed by atoms with E-state index < -0.39 is 11.6 Å². The summed E-state index contributed by atoms with van der Waals surface area (Å²) in [5, 5.41) is 5.70. The Bertz CT molecular complexity index is 543. The molecule has 0 aromatic carbocycles. The summed E-state index contributed by atoms with van der Waals surface area (Å²) >= 11 is 0. The normalized spacial score (nSPS) is 24.3. The van der Waals surface area contributed by atoms with Crippen LogP contribution in [0.1, 0.15) is 53.9 Å². The van der Waals surface area contributed by atoms with Crippen LogP contribution < -0.4 is 10.6 Å². The molecule has 0 aromatic rings. The predicted octanol–water partition coefficient (Wildman–Crippen LogP) is 1.58. The van der Waals surface area contributed by atoms with E-state index in [4.69, 9.17) is 0 Å². The van der Waals surface area contributed by atoms with E-state index in [-0.39, 0.29) is 30.3 Å². The fourth-order valence-corrected chi connectivity index (χ4v) is 3.87. The number of carbonyl (C=O) groups is 3. The predicted molar refractivity (Wildman–Crippen MR) is 101 cm³/mol. The lowest BCUT2D eigenvalue weighted by atomic mass is 9.96. The Morgan fingerprint density at radius 2 is 1.92 bits per heavy atom. The number of urea groups is 1. The van der Waals surface area contributed by atoms with Gasteiger partial charge < -0.3 is 10.6 Å². The molecular weight excluding hydrogens is 332 g/mol. The maximum absolute atomic E-state index is 12.6. The van der Waals surface area contributed by atoms with Gasteiger partial charge in [-0.25, -0.2) is 4.79 Å². The molecule has 2 rings (SSSR count). The fourth-order valence-electron chi connectivity index (χ4n) is 3.87. The summed E-state index contributed by atoms with van der Waals surface area (Å²) in [6.45, 7) is 12.5. The molecule has 2 aliphatic rings. The molecule has 2 fully saturated rings. The van der Waals surface area contributed by atoms with Gasteiger partial charge in [-0.15, -0.1) is 0 Å². The molecule has 1 aliphatic carbocycles. The number of imide groups is 1. The lowest BCUT2D eigenvalue weighted by Crippen LogP contribution is -2.48. The van der Waals surface area contributed by atoms with E-state index in [0.717, 1.165) is 37.3 Å². The number of carbonyl (C=O) groups excluding carboxylic acids is 3. The number of rotatable bonds is 10. The van der Waals surface area contributed by atoms with Crippen molar-refractivity contribution in [1.29, 1.82) is 0 Å². The van der Waals surface area contributed by atoms with Crippen molar-refractivity contribution in [3.63, 3.8) is 0 Å². The molecule has 0 bridgehead atoms. The van der Waals surface area contributed by atoms with Crippen LogP contribution in [0.4, 0.5) is 4.79 Å². The lowest BCUT2D eigenvalue weighted by Gasteiger charge is -2.31. The maximum atomic E-state index is 12.6. The van der Waals surface area contributed by atoms with Gasteiger partial charge in [-0.3, -0.25) is 19.4 Å². The number of nitrogens with one attached hydrogen (secondary N) is 2. The van der Waals surface area contributed by atoms with E-state index in [1.807, 2.05) is 0 Å². The van der Waals surface area contributed by atoms with Gasteiger partial charge in [-0.05, 0) is 51.1 Å². The van der Waals surface area contributed by atoms with Crippen molar-refractivity contribution in [3.8, 4) is 0 Å². The quantitative estimate of drug-likeness (QED) is 0.575. The van der Waals surface area contributed by atoms with Gasteiger partial charge >= 0.3 is 6.03 Å². The van der Waals surface area contributed by atoms with Crippen LogP contribution in [-0.4, -0.2) is 65.4 Å². The van der Waals surface area contributed by atoms with Gasteiger partial charge in [0.15, 0.2) is 0 Å². The summed E-state index contributed by atoms with van der Waals surface area (Å²) in [6, 6.07) is -0.198. The Labute approximate surface area is 156 Å². The monoisotopic (exact) mass is 366 g/mol. The van der Waals surface area contributed by atoms with Crippen molar-refractivity contribution in [2.45, 2.75) is 65.5 Å². The Morgan fingerprint density at radius 1 is 1.31 bits per heavy atom. The molecule has 7 nitrogen and oxygen atoms in total. The second kappa shape index (κ2) is 8.37. The summed E-state index contributed by atoms with van der Waals surface area (Å²) in [5.41, 5.74) is -0.835. The highest BCUT2D eigenvalue weighted by Crippen LogP contribution is 2.42. The van der Waals surface area contributed by atoms with Gasteiger partial charge in [0.25, 0.3) is 5.91 Å². The van der Waals surface area contributed by atoms with Crippen LogP contribution in [-0.2, 0) is 9.59 Å². The van der Waals surface area contributed by atoms with Crippen molar-refractivity contribution in [3.05, 3.63) is 0 Å². The highest BCUT2D eigenvalue weighted by molar-refractivity contribution is 6.09. The van der Waals surface area contributed by atoms with Crippen molar-refractivity contribution in [2.24, 2.45) is 11.8 Å². The zero-order valence-corrected chi connectivity index (χ0v) is 16.8.